The number of benzene rings is 2. The van der Waals surface area contributed by atoms with Gasteiger partial charge < -0.3 is 19.3 Å². The molecule has 2 saturated heterocycles. The normalized spacial score (nSPS) is 19.1. The van der Waals surface area contributed by atoms with Crippen LogP contribution in [-0.2, 0) is 43.8 Å². The van der Waals surface area contributed by atoms with Crippen molar-refractivity contribution in [1.29, 1.82) is 0 Å². The molecule has 4 rings (SSSR count). The highest BCUT2D eigenvalue weighted by Crippen LogP contribution is 2.28. The zero-order chi connectivity index (χ0) is 28.8. The highest BCUT2D eigenvalue weighted by atomic mass is 32.2. The van der Waals surface area contributed by atoms with E-state index in [1.165, 1.54) is 29.9 Å². The van der Waals surface area contributed by atoms with Crippen LogP contribution in [0.4, 0.5) is 11.4 Å². The van der Waals surface area contributed by atoms with Crippen molar-refractivity contribution in [3.05, 3.63) is 59.7 Å². The molecule has 2 heterocycles. The van der Waals surface area contributed by atoms with Crippen LogP contribution in [0.3, 0.4) is 0 Å². The van der Waals surface area contributed by atoms with Gasteiger partial charge in [0.05, 0.1) is 30.0 Å². The van der Waals surface area contributed by atoms with Crippen molar-refractivity contribution in [3.8, 4) is 0 Å². The largest absolute Gasteiger partial charge is 0.479 e. The number of nitrogens with zero attached hydrogens (tertiary/aromatic N) is 2. The van der Waals surface area contributed by atoms with E-state index < -0.39 is 44.2 Å². The van der Waals surface area contributed by atoms with Gasteiger partial charge in [-0.1, -0.05) is 24.3 Å². The molecule has 39 heavy (non-hydrogen) atoms. The molecule has 0 aliphatic carbocycles. The van der Waals surface area contributed by atoms with Gasteiger partial charge in [-0.05, 0) is 48.2 Å². The Morgan fingerprint density at radius 2 is 1.10 bits per heavy atom. The van der Waals surface area contributed by atoms with Crippen LogP contribution in [0, 0.1) is 0 Å². The summed E-state index contributed by atoms with van der Waals surface area (Å²) in [6.07, 6.45) is -0.596. The van der Waals surface area contributed by atoms with Crippen LogP contribution in [0.2, 0.25) is 0 Å². The number of rotatable bonds is 8. The summed E-state index contributed by atoms with van der Waals surface area (Å²) in [6, 6.07) is 13.1. The minimum atomic E-state index is -3.21. The van der Waals surface area contributed by atoms with Crippen molar-refractivity contribution in [2.45, 2.75) is 25.0 Å². The molecule has 0 aromatic heterocycles. The second-order valence-corrected chi connectivity index (χ2v) is 12.8. The maximum atomic E-state index is 11.8. The SMILES string of the molecule is COC(=O)C(OC)c1ccc(N2CCCS2(=O)=O)cc1.COC(C(=O)O)c1ccc(N2CCCS2(=O)=O)cc1. The van der Waals surface area contributed by atoms with Gasteiger partial charge in [0.1, 0.15) is 0 Å². The number of hydrogen-bond acceptors (Lipinski definition) is 9. The van der Waals surface area contributed by atoms with Crippen molar-refractivity contribution < 1.29 is 45.7 Å². The third kappa shape index (κ3) is 7.06. The molecule has 0 spiro atoms. The predicted octanol–water partition coefficient (Wildman–Crippen LogP) is 2.09. The fourth-order valence-corrected chi connectivity index (χ4v) is 7.47. The van der Waals surface area contributed by atoms with E-state index in [1.807, 2.05) is 0 Å². The Morgan fingerprint density at radius 3 is 1.38 bits per heavy atom. The lowest BCUT2D eigenvalue weighted by molar-refractivity contribution is -0.152. The van der Waals surface area contributed by atoms with Crippen LogP contribution in [0.1, 0.15) is 36.2 Å². The third-order valence-corrected chi connectivity index (χ3v) is 10.0. The molecule has 2 aromatic carbocycles. The molecule has 2 aromatic rings. The number of carboxylic acid groups (broad SMARTS) is 1. The van der Waals surface area contributed by atoms with Gasteiger partial charge in [-0.15, -0.1) is 0 Å². The Balaban J connectivity index is 0.000000216. The summed E-state index contributed by atoms with van der Waals surface area (Å²) in [7, 11) is -2.37. The Kier molecular flexibility index (Phi) is 9.93. The number of anilines is 2. The van der Waals surface area contributed by atoms with Crippen LogP contribution >= 0.6 is 0 Å². The molecule has 1 N–H and O–H groups in total. The Morgan fingerprint density at radius 1 is 0.718 bits per heavy atom. The van der Waals surface area contributed by atoms with Crippen molar-refractivity contribution >= 4 is 43.4 Å². The molecule has 0 amide bonds. The maximum Gasteiger partial charge on any atom is 0.339 e. The highest BCUT2D eigenvalue weighted by molar-refractivity contribution is 7.93. The average Bonchev–Trinajstić information content (AvgIpc) is 3.45. The van der Waals surface area contributed by atoms with E-state index in [0.717, 1.165) is 0 Å². The maximum absolute atomic E-state index is 11.8. The Bertz CT molecular complexity index is 1360. The predicted molar refractivity (Wildman–Crippen MR) is 144 cm³/mol. The molecule has 2 unspecified atom stereocenters. The fraction of sp³-hybridized carbons (Fsp3) is 0.440. The average molecular weight is 585 g/mol. The summed E-state index contributed by atoms with van der Waals surface area (Å²) >= 11 is 0. The van der Waals surface area contributed by atoms with Gasteiger partial charge in [-0.25, -0.2) is 26.4 Å². The van der Waals surface area contributed by atoms with Gasteiger partial charge in [0.15, 0.2) is 12.2 Å². The first-order valence-corrected chi connectivity index (χ1v) is 15.2. The molecule has 0 bridgehead atoms. The number of carbonyl (C=O) groups excluding carboxylic acids is 1. The summed E-state index contributed by atoms with van der Waals surface area (Å²) in [5, 5.41) is 8.96. The Labute approximate surface area is 228 Å². The number of aliphatic carboxylic acids is 1. The Hall–Kier alpha value is -3.20. The smallest absolute Gasteiger partial charge is 0.339 e. The van der Waals surface area contributed by atoms with Crippen molar-refractivity contribution in [2.75, 3.05) is 54.5 Å². The molecule has 0 radical (unpaired) electrons. The first-order chi connectivity index (χ1) is 18.4. The molecular formula is C25H32N2O10S2. The van der Waals surface area contributed by atoms with Gasteiger partial charge in [0.2, 0.25) is 20.0 Å². The summed E-state index contributed by atoms with van der Waals surface area (Å²) in [5.41, 5.74) is 2.27. The first kappa shape index (κ1) is 30.3. The van der Waals surface area contributed by atoms with Crippen LogP contribution in [-0.4, -0.2) is 79.8 Å². The number of esters is 1. The number of hydrogen-bond donors (Lipinski definition) is 1. The highest BCUT2D eigenvalue weighted by Gasteiger charge is 2.30. The second-order valence-electron chi connectivity index (χ2n) is 8.76. The van der Waals surface area contributed by atoms with Crippen LogP contribution < -0.4 is 8.61 Å². The lowest BCUT2D eigenvalue weighted by atomic mass is 10.1. The molecule has 12 nitrogen and oxygen atoms in total. The molecular weight excluding hydrogens is 552 g/mol. The lowest BCUT2D eigenvalue weighted by Crippen LogP contribution is -2.25. The quantitative estimate of drug-likeness (QED) is 0.456. The molecule has 0 saturated carbocycles. The zero-order valence-electron chi connectivity index (χ0n) is 21.8. The number of carboxylic acids is 1. The minimum Gasteiger partial charge on any atom is -0.479 e. The second kappa shape index (κ2) is 12.8. The molecule has 14 heteroatoms. The molecule has 2 fully saturated rings. The summed E-state index contributed by atoms with van der Waals surface area (Å²) in [6.45, 7) is 0.959. The van der Waals surface area contributed by atoms with Crippen LogP contribution in [0.15, 0.2) is 48.5 Å². The molecule has 2 atom stereocenters. The van der Waals surface area contributed by atoms with Crippen LogP contribution in [0.5, 0.6) is 0 Å². The topological polar surface area (TPSA) is 157 Å². The standard InChI is InChI=1S/C13H17NO5S.C12H15NO5S/c1-18-12(13(15)19-2)10-4-6-11(7-5-10)14-8-3-9-20(14,16)17;1-18-11(12(14)15)9-3-5-10(6-4-9)13-7-2-8-19(13,16)17/h4-7,12H,3,8-9H2,1-2H3;3-6,11H,2,7-8H2,1H3,(H,14,15). The first-order valence-electron chi connectivity index (χ1n) is 12.0. The lowest BCUT2D eigenvalue weighted by Gasteiger charge is -2.18. The van der Waals surface area contributed by atoms with Crippen molar-refractivity contribution in [3.63, 3.8) is 0 Å². The van der Waals surface area contributed by atoms with E-state index in [0.29, 0.717) is 48.4 Å². The van der Waals surface area contributed by atoms with E-state index >= 15 is 0 Å². The van der Waals surface area contributed by atoms with E-state index in [1.54, 1.807) is 48.5 Å². The number of sulfonamides is 2. The van der Waals surface area contributed by atoms with Crippen molar-refractivity contribution in [1.82, 2.24) is 0 Å². The summed E-state index contributed by atoms with van der Waals surface area (Å²) in [4.78, 5) is 22.5. The number of ether oxygens (including phenoxy) is 3. The van der Waals surface area contributed by atoms with Gasteiger partial charge >= 0.3 is 11.9 Å². The molecule has 2 aliphatic rings. The molecule has 214 valence electrons. The van der Waals surface area contributed by atoms with Gasteiger partial charge in [-0.2, -0.15) is 0 Å². The van der Waals surface area contributed by atoms with Gasteiger partial charge in [0.25, 0.3) is 0 Å². The minimum absolute atomic E-state index is 0.157. The third-order valence-electron chi connectivity index (χ3n) is 6.28. The van der Waals surface area contributed by atoms with Gasteiger partial charge in [0, 0.05) is 27.3 Å². The number of carbonyl (C=O) groups is 2. The number of methoxy groups -OCH3 is 3. The zero-order valence-corrected chi connectivity index (χ0v) is 23.5. The van der Waals surface area contributed by atoms with E-state index in [4.69, 9.17) is 14.6 Å². The van der Waals surface area contributed by atoms with E-state index in [-0.39, 0.29) is 11.5 Å². The monoisotopic (exact) mass is 584 g/mol. The van der Waals surface area contributed by atoms with E-state index in [9.17, 15) is 26.4 Å². The summed E-state index contributed by atoms with van der Waals surface area (Å²) < 4.78 is 64.5. The van der Waals surface area contributed by atoms with Crippen LogP contribution in [0.25, 0.3) is 0 Å². The summed E-state index contributed by atoms with van der Waals surface area (Å²) in [5.74, 6) is -1.24. The fourth-order valence-electron chi connectivity index (χ4n) is 4.34. The van der Waals surface area contributed by atoms with Crippen molar-refractivity contribution in [2.24, 2.45) is 0 Å². The van der Waals surface area contributed by atoms with Gasteiger partial charge in [-0.3, -0.25) is 8.61 Å². The van der Waals surface area contributed by atoms with E-state index in [2.05, 4.69) is 4.74 Å². The molecule has 2 aliphatic heterocycles.